The van der Waals surface area contributed by atoms with Crippen LogP contribution >= 0.6 is 0 Å². The predicted molar refractivity (Wildman–Crippen MR) is 171 cm³/mol. The van der Waals surface area contributed by atoms with Crippen molar-refractivity contribution in [3.05, 3.63) is 137 Å². The highest BCUT2D eigenvalue weighted by Gasteiger charge is 2.30. The topological polar surface area (TPSA) is 130 Å². The van der Waals surface area contributed by atoms with E-state index in [9.17, 15) is 19.8 Å². The standard InChI is InChI=1S/C37H32O10/c1-42-36(40)27-18-29(38)32(39)30(19-27)47-33-28(37(41)43-2)20-31(44-21-24-12-6-3-7-13-24)34(45-22-25-14-8-4-9-15-25)35(33)46-23-26-16-10-5-11-17-26/h3-20,38-39H,21-23H2,1-2H3. The third kappa shape index (κ3) is 7.93. The van der Waals surface area contributed by atoms with Gasteiger partial charge in [-0.05, 0) is 28.8 Å². The van der Waals surface area contributed by atoms with Gasteiger partial charge >= 0.3 is 11.9 Å². The van der Waals surface area contributed by atoms with Gasteiger partial charge in [-0.15, -0.1) is 0 Å². The highest BCUT2D eigenvalue weighted by molar-refractivity contribution is 5.96. The summed E-state index contributed by atoms with van der Waals surface area (Å²) in [6.45, 7) is 0.226. The number of hydrogen-bond donors (Lipinski definition) is 2. The fourth-order valence-corrected chi connectivity index (χ4v) is 4.55. The molecule has 0 aliphatic rings. The Labute approximate surface area is 271 Å². The average molecular weight is 637 g/mol. The summed E-state index contributed by atoms with van der Waals surface area (Å²) in [4.78, 5) is 25.6. The molecule has 0 atom stereocenters. The second kappa shape index (κ2) is 15.2. The van der Waals surface area contributed by atoms with Crippen LogP contribution < -0.4 is 18.9 Å². The predicted octanol–water partition coefficient (Wildman–Crippen LogP) is 7.20. The maximum atomic E-state index is 13.3. The molecule has 2 N–H and O–H groups in total. The summed E-state index contributed by atoms with van der Waals surface area (Å²) in [5, 5.41) is 21.2. The minimum atomic E-state index is -0.823. The quantitative estimate of drug-likeness (QED) is 0.101. The largest absolute Gasteiger partial charge is 0.504 e. The number of esters is 2. The van der Waals surface area contributed by atoms with Gasteiger partial charge < -0.3 is 38.6 Å². The summed E-state index contributed by atoms with van der Waals surface area (Å²) in [7, 11) is 2.37. The van der Waals surface area contributed by atoms with Gasteiger partial charge in [0, 0.05) is 6.07 Å². The lowest BCUT2D eigenvalue weighted by Crippen LogP contribution is -2.10. The molecule has 0 heterocycles. The fraction of sp³-hybridized carbons (Fsp3) is 0.135. The van der Waals surface area contributed by atoms with E-state index in [1.54, 1.807) is 0 Å². The van der Waals surface area contributed by atoms with Gasteiger partial charge in [0.05, 0.1) is 19.8 Å². The van der Waals surface area contributed by atoms with Crippen molar-refractivity contribution < 1.29 is 48.2 Å². The van der Waals surface area contributed by atoms with Crippen LogP contribution in [-0.4, -0.2) is 36.4 Å². The lowest BCUT2D eigenvalue weighted by molar-refractivity contribution is 0.0587. The monoisotopic (exact) mass is 636 g/mol. The maximum Gasteiger partial charge on any atom is 0.341 e. The number of phenolic OH excluding ortho intramolecular Hbond substituents is 2. The van der Waals surface area contributed by atoms with Crippen LogP contribution in [0, 0.1) is 0 Å². The molecular formula is C37H32O10. The van der Waals surface area contributed by atoms with Crippen molar-refractivity contribution in [2.45, 2.75) is 19.8 Å². The lowest BCUT2D eigenvalue weighted by Gasteiger charge is -2.22. The van der Waals surface area contributed by atoms with Gasteiger partial charge in [-0.3, -0.25) is 0 Å². The SMILES string of the molecule is COC(=O)c1cc(O)c(O)c(Oc2c(C(=O)OC)cc(OCc3ccccc3)c(OCc3ccccc3)c2OCc2ccccc2)c1. The third-order valence-corrected chi connectivity index (χ3v) is 6.94. The van der Waals surface area contributed by atoms with Crippen molar-refractivity contribution in [1.29, 1.82) is 0 Å². The van der Waals surface area contributed by atoms with E-state index in [1.165, 1.54) is 20.3 Å². The average Bonchev–Trinajstić information content (AvgIpc) is 3.11. The van der Waals surface area contributed by atoms with Crippen molar-refractivity contribution in [2.24, 2.45) is 0 Å². The van der Waals surface area contributed by atoms with Gasteiger partial charge in [0.15, 0.2) is 23.0 Å². The Hall–Kier alpha value is -6.16. The summed E-state index contributed by atoms with van der Waals surface area (Å²) in [5.74, 6) is -3.37. The maximum absolute atomic E-state index is 13.3. The first-order chi connectivity index (χ1) is 22.9. The van der Waals surface area contributed by atoms with Gasteiger partial charge in [-0.2, -0.15) is 0 Å². The highest BCUT2D eigenvalue weighted by atomic mass is 16.6. The second-order valence-electron chi connectivity index (χ2n) is 10.2. The number of carbonyl (C=O) groups excluding carboxylic acids is 2. The first-order valence-electron chi connectivity index (χ1n) is 14.5. The zero-order valence-electron chi connectivity index (χ0n) is 25.7. The highest BCUT2D eigenvalue weighted by Crippen LogP contribution is 2.51. The van der Waals surface area contributed by atoms with Gasteiger partial charge in [0.1, 0.15) is 25.4 Å². The number of ether oxygens (including phenoxy) is 6. The number of benzene rings is 5. The molecule has 0 unspecified atom stereocenters. The molecule has 5 rings (SSSR count). The van der Waals surface area contributed by atoms with E-state index in [2.05, 4.69) is 0 Å². The van der Waals surface area contributed by atoms with Crippen molar-refractivity contribution >= 4 is 11.9 Å². The van der Waals surface area contributed by atoms with E-state index in [1.807, 2.05) is 91.0 Å². The zero-order valence-corrected chi connectivity index (χ0v) is 25.7. The molecule has 5 aromatic carbocycles. The summed E-state index contributed by atoms with van der Waals surface area (Å²) in [6, 6.07) is 31.6. The number of hydrogen-bond acceptors (Lipinski definition) is 10. The molecule has 0 saturated carbocycles. The number of carbonyl (C=O) groups is 2. The molecule has 0 bridgehead atoms. The molecule has 240 valence electrons. The third-order valence-electron chi connectivity index (χ3n) is 6.94. The van der Waals surface area contributed by atoms with Crippen LogP contribution in [0.25, 0.3) is 0 Å². The molecule has 0 aliphatic carbocycles. The summed E-state index contributed by atoms with van der Waals surface area (Å²) in [5.41, 5.74) is 2.22. The lowest BCUT2D eigenvalue weighted by atomic mass is 10.1. The van der Waals surface area contributed by atoms with Crippen molar-refractivity contribution in [3.63, 3.8) is 0 Å². The van der Waals surface area contributed by atoms with Crippen LogP contribution in [0.15, 0.2) is 109 Å². The summed E-state index contributed by atoms with van der Waals surface area (Å²) < 4.78 is 34.9. The Bertz CT molecular complexity index is 1820. The van der Waals surface area contributed by atoms with E-state index < -0.39 is 23.4 Å². The first-order valence-corrected chi connectivity index (χ1v) is 14.5. The Morgan fingerprint density at radius 1 is 0.553 bits per heavy atom. The second-order valence-corrected chi connectivity index (χ2v) is 10.2. The fourth-order valence-electron chi connectivity index (χ4n) is 4.55. The number of rotatable bonds is 13. The van der Waals surface area contributed by atoms with E-state index in [0.29, 0.717) is 0 Å². The zero-order chi connectivity index (χ0) is 33.2. The molecular weight excluding hydrogens is 604 g/mol. The van der Waals surface area contributed by atoms with Crippen LogP contribution in [0.3, 0.4) is 0 Å². The van der Waals surface area contributed by atoms with Crippen molar-refractivity contribution in [1.82, 2.24) is 0 Å². The number of methoxy groups -OCH3 is 2. The van der Waals surface area contributed by atoms with E-state index in [0.717, 1.165) is 28.8 Å². The normalized spacial score (nSPS) is 10.5. The smallest absolute Gasteiger partial charge is 0.341 e. The molecule has 0 aromatic heterocycles. The Balaban J connectivity index is 1.70. The van der Waals surface area contributed by atoms with Crippen LogP contribution in [-0.2, 0) is 29.3 Å². The van der Waals surface area contributed by atoms with Crippen LogP contribution in [0.2, 0.25) is 0 Å². The van der Waals surface area contributed by atoms with E-state index >= 15 is 0 Å². The molecule has 0 radical (unpaired) electrons. The minimum Gasteiger partial charge on any atom is -0.504 e. The van der Waals surface area contributed by atoms with E-state index in [4.69, 9.17) is 28.4 Å². The van der Waals surface area contributed by atoms with Gasteiger partial charge in [-0.25, -0.2) is 9.59 Å². The van der Waals surface area contributed by atoms with Crippen LogP contribution in [0.1, 0.15) is 37.4 Å². The van der Waals surface area contributed by atoms with Gasteiger partial charge in [-0.1, -0.05) is 91.0 Å². The summed E-state index contributed by atoms with van der Waals surface area (Å²) in [6.07, 6.45) is 0. The molecule has 5 aromatic rings. The van der Waals surface area contributed by atoms with E-state index in [-0.39, 0.29) is 59.7 Å². The van der Waals surface area contributed by atoms with Gasteiger partial charge in [0.25, 0.3) is 0 Å². The number of aromatic hydroxyl groups is 2. The van der Waals surface area contributed by atoms with Crippen molar-refractivity contribution in [2.75, 3.05) is 14.2 Å². The van der Waals surface area contributed by atoms with Crippen LogP contribution in [0.4, 0.5) is 0 Å². The van der Waals surface area contributed by atoms with Crippen molar-refractivity contribution in [3.8, 4) is 40.2 Å². The Morgan fingerprint density at radius 3 is 1.55 bits per heavy atom. The molecule has 47 heavy (non-hydrogen) atoms. The molecule has 0 spiro atoms. The van der Waals surface area contributed by atoms with Crippen LogP contribution in [0.5, 0.6) is 40.2 Å². The molecule has 0 amide bonds. The molecule has 10 heteroatoms. The molecule has 0 saturated heterocycles. The minimum absolute atomic E-state index is 0.0150. The molecule has 0 fully saturated rings. The Kier molecular flexibility index (Phi) is 10.4. The molecule has 0 aliphatic heterocycles. The number of phenols is 2. The Morgan fingerprint density at radius 2 is 1.04 bits per heavy atom. The van der Waals surface area contributed by atoms with Gasteiger partial charge in [0.2, 0.25) is 17.2 Å². The molecule has 10 nitrogen and oxygen atoms in total. The first kappa shape index (κ1) is 32.2. The summed E-state index contributed by atoms with van der Waals surface area (Å²) >= 11 is 0.